The molecule has 0 saturated carbocycles. The van der Waals surface area contributed by atoms with Crippen molar-refractivity contribution in [2.75, 3.05) is 14.2 Å². The number of rotatable bonds is 7. The van der Waals surface area contributed by atoms with Crippen LogP contribution in [0.3, 0.4) is 0 Å². The summed E-state index contributed by atoms with van der Waals surface area (Å²) in [5, 5.41) is 2.56. The van der Waals surface area contributed by atoms with E-state index in [2.05, 4.69) is 14.8 Å². The van der Waals surface area contributed by atoms with E-state index in [-0.39, 0.29) is 24.7 Å². The molecule has 0 radical (unpaired) electrons. The molecule has 18 heavy (non-hydrogen) atoms. The van der Waals surface area contributed by atoms with E-state index in [9.17, 15) is 14.4 Å². The molecule has 0 unspecified atom stereocenters. The molecule has 0 aliphatic rings. The van der Waals surface area contributed by atoms with Gasteiger partial charge in [-0.15, -0.1) is 0 Å². The summed E-state index contributed by atoms with van der Waals surface area (Å²) in [5.74, 6) is -1.05. The first-order valence-electron chi connectivity index (χ1n) is 5.84. The maximum absolute atomic E-state index is 11.5. The van der Waals surface area contributed by atoms with Crippen molar-refractivity contribution in [1.82, 2.24) is 5.32 Å². The van der Waals surface area contributed by atoms with Crippen LogP contribution in [-0.4, -0.2) is 38.1 Å². The van der Waals surface area contributed by atoms with Crippen LogP contribution in [0.5, 0.6) is 0 Å². The third-order valence-corrected chi connectivity index (χ3v) is 2.31. The fourth-order valence-corrected chi connectivity index (χ4v) is 1.41. The lowest BCUT2D eigenvalue weighted by Crippen LogP contribution is -2.42. The molecule has 0 saturated heterocycles. The fourth-order valence-electron chi connectivity index (χ4n) is 1.41. The summed E-state index contributed by atoms with van der Waals surface area (Å²) >= 11 is 0. The standard InChI is InChI=1S/C12H21NO5/c1-8(2)7-9(12(16)18-4)13-10(14)5-6-11(15)17-3/h8-9H,5-7H2,1-4H3,(H,13,14)/t9-/m1/s1. The quantitative estimate of drug-likeness (QED) is 0.679. The molecule has 1 N–H and O–H groups in total. The van der Waals surface area contributed by atoms with E-state index in [1.165, 1.54) is 14.2 Å². The maximum atomic E-state index is 11.5. The summed E-state index contributed by atoms with van der Waals surface area (Å²) < 4.78 is 9.04. The van der Waals surface area contributed by atoms with E-state index in [0.29, 0.717) is 6.42 Å². The zero-order chi connectivity index (χ0) is 14.1. The highest BCUT2D eigenvalue weighted by Gasteiger charge is 2.22. The summed E-state index contributed by atoms with van der Waals surface area (Å²) in [4.78, 5) is 33.9. The van der Waals surface area contributed by atoms with Crippen LogP contribution in [0.1, 0.15) is 33.1 Å². The van der Waals surface area contributed by atoms with Gasteiger partial charge in [-0.1, -0.05) is 13.8 Å². The number of hydrogen-bond acceptors (Lipinski definition) is 5. The number of methoxy groups -OCH3 is 2. The van der Waals surface area contributed by atoms with Crippen molar-refractivity contribution >= 4 is 17.8 Å². The van der Waals surface area contributed by atoms with Gasteiger partial charge in [-0.2, -0.15) is 0 Å². The lowest BCUT2D eigenvalue weighted by Gasteiger charge is -2.18. The number of esters is 2. The molecular formula is C12H21NO5. The van der Waals surface area contributed by atoms with Gasteiger partial charge in [0.1, 0.15) is 6.04 Å². The topological polar surface area (TPSA) is 81.7 Å². The first-order chi connectivity index (χ1) is 8.40. The maximum Gasteiger partial charge on any atom is 0.328 e. The van der Waals surface area contributed by atoms with Crippen LogP contribution in [-0.2, 0) is 23.9 Å². The highest BCUT2D eigenvalue weighted by Crippen LogP contribution is 2.06. The van der Waals surface area contributed by atoms with E-state index in [1.54, 1.807) is 0 Å². The highest BCUT2D eigenvalue weighted by molar-refractivity contribution is 5.86. The predicted octanol–water partition coefficient (Wildman–Crippen LogP) is 0.643. The van der Waals surface area contributed by atoms with Gasteiger partial charge in [0.25, 0.3) is 0 Å². The number of nitrogens with one attached hydrogen (secondary N) is 1. The summed E-state index contributed by atoms with van der Waals surface area (Å²) in [6.45, 7) is 3.88. The van der Waals surface area contributed by atoms with Crippen LogP contribution in [0.15, 0.2) is 0 Å². The lowest BCUT2D eigenvalue weighted by atomic mass is 10.0. The number of amides is 1. The first kappa shape index (κ1) is 16.4. The molecule has 0 aliphatic carbocycles. The lowest BCUT2D eigenvalue weighted by molar-refractivity contribution is -0.145. The van der Waals surface area contributed by atoms with Crippen molar-refractivity contribution in [2.24, 2.45) is 5.92 Å². The van der Waals surface area contributed by atoms with E-state index >= 15 is 0 Å². The van der Waals surface area contributed by atoms with Crippen LogP contribution in [0, 0.1) is 5.92 Å². The van der Waals surface area contributed by atoms with Crippen molar-refractivity contribution in [3.8, 4) is 0 Å². The van der Waals surface area contributed by atoms with Crippen molar-refractivity contribution < 1.29 is 23.9 Å². The number of carbonyl (C=O) groups excluding carboxylic acids is 3. The summed E-state index contributed by atoms with van der Waals surface area (Å²) in [6.07, 6.45) is 0.493. The molecule has 0 fully saturated rings. The molecular weight excluding hydrogens is 238 g/mol. The van der Waals surface area contributed by atoms with Crippen LogP contribution in [0.4, 0.5) is 0 Å². The Morgan fingerprint density at radius 1 is 1.06 bits per heavy atom. The molecule has 0 spiro atoms. The highest BCUT2D eigenvalue weighted by atomic mass is 16.5. The Morgan fingerprint density at radius 2 is 1.67 bits per heavy atom. The Morgan fingerprint density at radius 3 is 2.11 bits per heavy atom. The summed E-state index contributed by atoms with van der Waals surface area (Å²) in [7, 11) is 2.53. The summed E-state index contributed by atoms with van der Waals surface area (Å²) in [6, 6.07) is -0.667. The summed E-state index contributed by atoms with van der Waals surface area (Å²) in [5.41, 5.74) is 0. The van der Waals surface area contributed by atoms with Crippen LogP contribution in [0.25, 0.3) is 0 Å². The second kappa shape index (κ2) is 8.49. The third kappa shape index (κ3) is 6.88. The monoisotopic (exact) mass is 259 g/mol. The van der Waals surface area contributed by atoms with E-state index in [0.717, 1.165) is 0 Å². The van der Waals surface area contributed by atoms with Gasteiger partial charge in [-0.3, -0.25) is 9.59 Å². The zero-order valence-corrected chi connectivity index (χ0v) is 11.3. The number of ether oxygens (including phenoxy) is 2. The average molecular weight is 259 g/mol. The van der Waals surface area contributed by atoms with Crippen molar-refractivity contribution in [2.45, 2.75) is 39.2 Å². The zero-order valence-electron chi connectivity index (χ0n) is 11.3. The van der Waals surface area contributed by atoms with Crippen molar-refractivity contribution in [1.29, 1.82) is 0 Å². The minimum atomic E-state index is -0.667. The van der Waals surface area contributed by atoms with E-state index in [1.807, 2.05) is 13.8 Å². The van der Waals surface area contributed by atoms with Gasteiger partial charge in [-0.25, -0.2) is 4.79 Å². The van der Waals surface area contributed by atoms with Crippen LogP contribution >= 0.6 is 0 Å². The van der Waals surface area contributed by atoms with Gasteiger partial charge < -0.3 is 14.8 Å². The molecule has 0 aromatic rings. The van der Waals surface area contributed by atoms with Gasteiger partial charge in [0.15, 0.2) is 0 Å². The second-order valence-corrected chi connectivity index (χ2v) is 4.35. The molecule has 0 heterocycles. The van der Waals surface area contributed by atoms with E-state index < -0.39 is 18.0 Å². The number of carbonyl (C=O) groups is 3. The van der Waals surface area contributed by atoms with E-state index in [4.69, 9.17) is 0 Å². The molecule has 1 atom stereocenters. The molecule has 1 amide bonds. The van der Waals surface area contributed by atoms with Crippen LogP contribution in [0.2, 0.25) is 0 Å². The van der Waals surface area contributed by atoms with Gasteiger partial charge in [0.2, 0.25) is 5.91 Å². The average Bonchev–Trinajstić information content (AvgIpc) is 2.33. The van der Waals surface area contributed by atoms with Crippen molar-refractivity contribution in [3.63, 3.8) is 0 Å². The Labute approximate surface area is 107 Å². The normalized spacial score (nSPS) is 11.8. The fraction of sp³-hybridized carbons (Fsp3) is 0.750. The largest absolute Gasteiger partial charge is 0.469 e. The van der Waals surface area contributed by atoms with Crippen LogP contribution < -0.4 is 5.32 Å². The minimum Gasteiger partial charge on any atom is -0.469 e. The molecule has 6 nitrogen and oxygen atoms in total. The molecule has 0 aromatic heterocycles. The first-order valence-corrected chi connectivity index (χ1v) is 5.84. The van der Waals surface area contributed by atoms with Gasteiger partial charge in [-0.05, 0) is 12.3 Å². The van der Waals surface area contributed by atoms with Gasteiger partial charge in [0, 0.05) is 6.42 Å². The molecule has 6 heteroatoms. The third-order valence-electron chi connectivity index (χ3n) is 2.31. The van der Waals surface area contributed by atoms with Crippen molar-refractivity contribution in [3.05, 3.63) is 0 Å². The predicted molar refractivity (Wildman–Crippen MR) is 64.7 cm³/mol. The number of hydrogen-bond donors (Lipinski definition) is 1. The van der Waals surface area contributed by atoms with Gasteiger partial charge in [0.05, 0.1) is 20.6 Å². The second-order valence-electron chi connectivity index (χ2n) is 4.35. The molecule has 0 bridgehead atoms. The van der Waals surface area contributed by atoms with Gasteiger partial charge >= 0.3 is 11.9 Å². The SMILES string of the molecule is COC(=O)CCC(=O)N[C@H](CC(C)C)C(=O)OC. The molecule has 104 valence electrons. The Bertz CT molecular complexity index is 301. The Balaban J connectivity index is 4.26. The molecule has 0 aliphatic heterocycles. The molecule has 0 aromatic carbocycles. The minimum absolute atomic E-state index is 0.00172. The smallest absolute Gasteiger partial charge is 0.328 e. The Hall–Kier alpha value is -1.59. The Kier molecular flexibility index (Phi) is 7.74. The molecule has 0 rings (SSSR count).